The second kappa shape index (κ2) is 5.11. The minimum Gasteiger partial charge on any atom is -0.394 e. The fraction of sp³-hybridized carbons (Fsp3) is 0.143. The predicted molar refractivity (Wildman–Crippen MR) is 77.0 cm³/mol. The van der Waals surface area contributed by atoms with Crippen molar-refractivity contribution in [1.29, 1.82) is 0 Å². The van der Waals surface area contributed by atoms with Gasteiger partial charge in [-0.2, -0.15) is 0 Å². The second-order valence-electron chi connectivity index (χ2n) is 4.43. The van der Waals surface area contributed by atoms with Crippen molar-refractivity contribution in [3.63, 3.8) is 0 Å². The van der Waals surface area contributed by atoms with E-state index >= 15 is 0 Å². The van der Waals surface area contributed by atoms with Crippen molar-refractivity contribution in [2.45, 2.75) is 6.04 Å². The molecule has 0 saturated heterocycles. The maximum Gasteiger partial charge on any atom is 0.328 e. The largest absolute Gasteiger partial charge is 0.394 e. The number of pyridine rings is 1. The molecule has 1 unspecified atom stereocenters. The van der Waals surface area contributed by atoms with Crippen molar-refractivity contribution < 1.29 is 5.11 Å². The molecule has 0 fully saturated rings. The van der Waals surface area contributed by atoms with Gasteiger partial charge in [-0.3, -0.25) is 9.55 Å². The van der Waals surface area contributed by atoms with Crippen LogP contribution < -0.4 is 5.69 Å². The van der Waals surface area contributed by atoms with Crippen LogP contribution in [0.5, 0.6) is 0 Å². The molecule has 0 aliphatic rings. The van der Waals surface area contributed by atoms with Gasteiger partial charge in [-0.1, -0.05) is 41.9 Å². The molecular formula is C14H12ClN3O2. The maximum atomic E-state index is 12.1. The fourth-order valence-electron chi connectivity index (χ4n) is 2.30. The highest BCUT2D eigenvalue weighted by Crippen LogP contribution is 2.22. The SMILES string of the molecule is O=c1[nH]c2ncc(Cl)cc2n1C(CO)c1ccccc1. The normalized spacial score (nSPS) is 12.7. The molecule has 0 aliphatic carbocycles. The van der Waals surface area contributed by atoms with Gasteiger partial charge in [-0.05, 0) is 11.6 Å². The van der Waals surface area contributed by atoms with Gasteiger partial charge < -0.3 is 5.11 Å². The molecule has 1 aromatic carbocycles. The smallest absolute Gasteiger partial charge is 0.328 e. The zero-order valence-corrected chi connectivity index (χ0v) is 11.2. The number of aromatic amines is 1. The van der Waals surface area contributed by atoms with E-state index in [1.54, 1.807) is 6.07 Å². The van der Waals surface area contributed by atoms with Crippen LogP contribution in [0, 0.1) is 0 Å². The number of nitrogens with zero attached hydrogens (tertiary/aromatic N) is 2. The predicted octanol–water partition coefficient (Wildman–Crippen LogP) is 1.96. The fourth-order valence-corrected chi connectivity index (χ4v) is 2.45. The Morgan fingerprint density at radius 2 is 2.10 bits per heavy atom. The van der Waals surface area contributed by atoms with Gasteiger partial charge in [-0.25, -0.2) is 9.78 Å². The van der Waals surface area contributed by atoms with E-state index < -0.39 is 6.04 Å². The van der Waals surface area contributed by atoms with Crippen LogP contribution in [-0.2, 0) is 0 Å². The van der Waals surface area contributed by atoms with Gasteiger partial charge in [0.05, 0.1) is 23.2 Å². The van der Waals surface area contributed by atoms with Crippen LogP contribution in [0.2, 0.25) is 5.02 Å². The highest BCUT2D eigenvalue weighted by atomic mass is 35.5. The average Bonchev–Trinajstić information content (AvgIpc) is 2.77. The Kier molecular flexibility index (Phi) is 3.30. The molecule has 0 bridgehead atoms. The number of fused-ring (bicyclic) bond motifs is 1. The topological polar surface area (TPSA) is 70.9 Å². The Morgan fingerprint density at radius 3 is 2.80 bits per heavy atom. The highest BCUT2D eigenvalue weighted by Gasteiger charge is 2.18. The zero-order chi connectivity index (χ0) is 14.1. The average molecular weight is 290 g/mol. The lowest BCUT2D eigenvalue weighted by Crippen LogP contribution is -2.25. The molecule has 0 amide bonds. The molecule has 20 heavy (non-hydrogen) atoms. The summed E-state index contributed by atoms with van der Waals surface area (Å²) in [5, 5.41) is 10.1. The summed E-state index contributed by atoms with van der Waals surface area (Å²) in [4.78, 5) is 18.9. The summed E-state index contributed by atoms with van der Waals surface area (Å²) < 4.78 is 1.48. The molecule has 3 aromatic rings. The maximum absolute atomic E-state index is 12.1. The Bertz CT molecular complexity index is 795. The number of halogens is 1. The minimum absolute atomic E-state index is 0.191. The molecule has 0 spiro atoms. The molecule has 2 aromatic heterocycles. The lowest BCUT2D eigenvalue weighted by molar-refractivity contribution is 0.249. The molecule has 2 heterocycles. The van der Waals surface area contributed by atoms with Crippen molar-refractivity contribution in [1.82, 2.24) is 14.5 Å². The number of rotatable bonds is 3. The molecule has 2 N–H and O–H groups in total. The van der Waals surface area contributed by atoms with Gasteiger partial charge in [0.2, 0.25) is 0 Å². The minimum atomic E-state index is -0.474. The third-order valence-corrected chi connectivity index (χ3v) is 3.41. The van der Waals surface area contributed by atoms with Crippen molar-refractivity contribution in [2.24, 2.45) is 0 Å². The van der Waals surface area contributed by atoms with Gasteiger partial charge in [0, 0.05) is 6.20 Å². The van der Waals surface area contributed by atoms with Gasteiger partial charge in [0.1, 0.15) is 0 Å². The summed E-state index contributed by atoms with van der Waals surface area (Å²) in [6.07, 6.45) is 1.47. The molecule has 1 atom stereocenters. The number of nitrogens with one attached hydrogen (secondary N) is 1. The Balaban J connectivity index is 2.24. The van der Waals surface area contributed by atoms with E-state index in [4.69, 9.17) is 11.6 Å². The first kappa shape index (κ1) is 12.9. The first-order chi connectivity index (χ1) is 9.70. The summed E-state index contributed by atoms with van der Waals surface area (Å²) in [6, 6.07) is 10.5. The molecule has 102 valence electrons. The highest BCUT2D eigenvalue weighted by molar-refractivity contribution is 6.31. The van der Waals surface area contributed by atoms with Crippen LogP contribution in [-0.4, -0.2) is 26.2 Å². The number of hydrogen-bond acceptors (Lipinski definition) is 3. The van der Waals surface area contributed by atoms with E-state index in [1.807, 2.05) is 30.3 Å². The van der Waals surface area contributed by atoms with E-state index in [9.17, 15) is 9.90 Å². The van der Waals surface area contributed by atoms with Gasteiger partial charge >= 0.3 is 5.69 Å². The van der Waals surface area contributed by atoms with E-state index in [2.05, 4.69) is 9.97 Å². The van der Waals surface area contributed by atoms with Crippen LogP contribution >= 0.6 is 11.6 Å². The van der Waals surface area contributed by atoms with E-state index in [0.29, 0.717) is 16.2 Å². The number of aliphatic hydroxyl groups is 1. The number of H-pyrrole nitrogens is 1. The number of aliphatic hydroxyl groups excluding tert-OH is 1. The number of hydrogen-bond donors (Lipinski definition) is 2. The van der Waals surface area contributed by atoms with Crippen LogP contribution in [0.1, 0.15) is 11.6 Å². The zero-order valence-electron chi connectivity index (χ0n) is 10.5. The van der Waals surface area contributed by atoms with Gasteiger partial charge in [0.15, 0.2) is 5.65 Å². The summed E-state index contributed by atoms with van der Waals surface area (Å²) in [6.45, 7) is -0.191. The molecule has 0 aliphatic heterocycles. The lowest BCUT2D eigenvalue weighted by atomic mass is 10.1. The molecular weight excluding hydrogens is 278 g/mol. The molecule has 5 nitrogen and oxygen atoms in total. The molecule has 0 radical (unpaired) electrons. The van der Waals surface area contributed by atoms with Crippen molar-refractivity contribution >= 4 is 22.8 Å². The third-order valence-electron chi connectivity index (χ3n) is 3.21. The third kappa shape index (κ3) is 2.11. The van der Waals surface area contributed by atoms with Gasteiger partial charge in [-0.15, -0.1) is 0 Å². The first-order valence-electron chi connectivity index (χ1n) is 6.12. The van der Waals surface area contributed by atoms with Crippen molar-refractivity contribution in [2.75, 3.05) is 6.61 Å². The first-order valence-corrected chi connectivity index (χ1v) is 6.50. The Hall–Kier alpha value is -2.11. The molecule has 0 saturated carbocycles. The molecule has 3 rings (SSSR count). The molecule has 6 heteroatoms. The summed E-state index contributed by atoms with van der Waals surface area (Å²) in [7, 11) is 0. The van der Waals surface area contributed by atoms with Crippen molar-refractivity contribution in [3.8, 4) is 0 Å². The van der Waals surface area contributed by atoms with Crippen LogP contribution in [0.4, 0.5) is 0 Å². The number of aromatic nitrogens is 3. The Labute approximate surface area is 119 Å². The van der Waals surface area contributed by atoms with Crippen LogP contribution in [0.3, 0.4) is 0 Å². The quantitative estimate of drug-likeness (QED) is 0.774. The number of benzene rings is 1. The van der Waals surface area contributed by atoms with Crippen LogP contribution in [0.15, 0.2) is 47.4 Å². The van der Waals surface area contributed by atoms with E-state index in [1.165, 1.54) is 10.8 Å². The second-order valence-corrected chi connectivity index (χ2v) is 4.87. The van der Waals surface area contributed by atoms with Crippen LogP contribution in [0.25, 0.3) is 11.2 Å². The van der Waals surface area contributed by atoms with E-state index in [0.717, 1.165) is 5.56 Å². The summed E-state index contributed by atoms with van der Waals surface area (Å²) in [5.74, 6) is 0. The number of imidazole rings is 1. The van der Waals surface area contributed by atoms with E-state index in [-0.39, 0.29) is 12.3 Å². The monoisotopic (exact) mass is 289 g/mol. The Morgan fingerprint density at radius 1 is 1.35 bits per heavy atom. The standard InChI is InChI=1S/C14H12ClN3O2/c15-10-6-11-13(16-7-10)17-14(20)18(11)12(8-19)9-4-2-1-3-5-9/h1-7,12,19H,8H2,(H,16,17,20). The van der Waals surface area contributed by atoms with Crippen molar-refractivity contribution in [3.05, 3.63) is 63.7 Å². The summed E-state index contributed by atoms with van der Waals surface area (Å²) >= 11 is 5.94. The lowest BCUT2D eigenvalue weighted by Gasteiger charge is -2.16. The van der Waals surface area contributed by atoms with Gasteiger partial charge in [0.25, 0.3) is 0 Å². The summed E-state index contributed by atoms with van der Waals surface area (Å²) in [5.41, 5.74) is 1.55.